The van der Waals surface area contributed by atoms with Crippen LogP contribution < -0.4 is 15.1 Å². The van der Waals surface area contributed by atoms with E-state index >= 15 is 0 Å². The maximum atomic E-state index is 11.8. The van der Waals surface area contributed by atoms with Gasteiger partial charge in [0.05, 0.1) is 6.21 Å². The van der Waals surface area contributed by atoms with E-state index < -0.39 is 0 Å². The van der Waals surface area contributed by atoms with Crippen molar-refractivity contribution in [2.45, 2.75) is 12.1 Å². The molecule has 2 aromatic rings. The fraction of sp³-hybridized carbons (Fsp3) is 0.294. The Morgan fingerprint density at radius 1 is 1.32 bits per heavy atom. The highest BCUT2D eigenvalue weighted by Crippen LogP contribution is 2.15. The van der Waals surface area contributed by atoms with Crippen LogP contribution in [0.25, 0.3) is 0 Å². The van der Waals surface area contributed by atoms with Gasteiger partial charge in [0.1, 0.15) is 0 Å². The standard InChI is InChI=1S/C17H21N5O2S/c1-12-9-16(20-17(19-12)25-4)24-11-15(23)21-18-10-13-5-7-14(8-6-13)22(2)3/h5-10H,11H2,1-4H3,(H,21,23). The van der Waals surface area contributed by atoms with Crippen molar-refractivity contribution in [3.05, 3.63) is 41.6 Å². The van der Waals surface area contributed by atoms with E-state index in [1.165, 1.54) is 11.8 Å². The first kappa shape index (κ1) is 18.7. The number of rotatable bonds is 7. The molecule has 25 heavy (non-hydrogen) atoms. The van der Waals surface area contributed by atoms with Crippen molar-refractivity contribution in [2.75, 3.05) is 31.9 Å². The second-order valence-electron chi connectivity index (χ2n) is 5.40. The Labute approximate surface area is 151 Å². The molecule has 0 aliphatic rings. The summed E-state index contributed by atoms with van der Waals surface area (Å²) in [6.07, 6.45) is 3.46. The molecule has 2 rings (SSSR count). The number of nitrogens with zero attached hydrogens (tertiary/aromatic N) is 4. The van der Waals surface area contributed by atoms with Crippen LogP contribution in [0, 0.1) is 6.92 Å². The Morgan fingerprint density at radius 2 is 2.04 bits per heavy atom. The number of carbonyl (C=O) groups excluding carboxylic acids is 1. The van der Waals surface area contributed by atoms with Gasteiger partial charge in [-0.05, 0) is 30.9 Å². The number of aromatic nitrogens is 2. The number of nitrogens with one attached hydrogen (secondary N) is 1. The van der Waals surface area contributed by atoms with Crippen molar-refractivity contribution in [3.63, 3.8) is 0 Å². The summed E-state index contributed by atoms with van der Waals surface area (Å²) < 4.78 is 5.38. The SMILES string of the molecule is CSc1nc(C)cc(OCC(=O)NN=Cc2ccc(N(C)C)cc2)n1. The number of carbonyl (C=O) groups is 1. The minimum atomic E-state index is -0.358. The van der Waals surface area contributed by atoms with Gasteiger partial charge in [0, 0.05) is 31.5 Å². The lowest BCUT2D eigenvalue weighted by atomic mass is 10.2. The van der Waals surface area contributed by atoms with Gasteiger partial charge in [0.15, 0.2) is 11.8 Å². The van der Waals surface area contributed by atoms with Crippen molar-refractivity contribution < 1.29 is 9.53 Å². The van der Waals surface area contributed by atoms with Crippen LogP contribution in [0.1, 0.15) is 11.3 Å². The first-order chi connectivity index (χ1) is 12.0. The molecule has 1 aromatic heterocycles. The molecule has 0 aliphatic carbocycles. The van der Waals surface area contributed by atoms with Gasteiger partial charge in [-0.25, -0.2) is 10.4 Å². The maximum Gasteiger partial charge on any atom is 0.278 e. The van der Waals surface area contributed by atoms with E-state index in [1.54, 1.807) is 12.3 Å². The molecular weight excluding hydrogens is 338 g/mol. The predicted molar refractivity (Wildman–Crippen MR) is 101 cm³/mol. The number of hydrogen-bond donors (Lipinski definition) is 1. The number of aryl methyl sites for hydroxylation is 1. The van der Waals surface area contributed by atoms with E-state index in [2.05, 4.69) is 20.5 Å². The third-order valence-corrected chi connectivity index (χ3v) is 3.70. The number of benzene rings is 1. The molecule has 1 N–H and O–H groups in total. The van der Waals surface area contributed by atoms with Crippen LogP contribution in [0.3, 0.4) is 0 Å². The zero-order valence-electron chi connectivity index (χ0n) is 14.7. The number of hydrogen-bond acceptors (Lipinski definition) is 7. The van der Waals surface area contributed by atoms with Crippen LogP contribution in [0.2, 0.25) is 0 Å². The highest BCUT2D eigenvalue weighted by Gasteiger charge is 2.05. The Kier molecular flexibility index (Phi) is 6.76. The molecule has 1 heterocycles. The lowest BCUT2D eigenvalue weighted by Gasteiger charge is -2.11. The molecule has 132 valence electrons. The third kappa shape index (κ3) is 6.07. The summed E-state index contributed by atoms with van der Waals surface area (Å²) in [5.41, 5.74) is 5.20. The Hall–Kier alpha value is -2.61. The van der Waals surface area contributed by atoms with E-state index in [4.69, 9.17) is 4.74 Å². The first-order valence-corrected chi connectivity index (χ1v) is 8.82. The maximum absolute atomic E-state index is 11.8. The summed E-state index contributed by atoms with van der Waals surface area (Å²) in [7, 11) is 3.95. The van der Waals surface area contributed by atoms with Gasteiger partial charge in [-0.15, -0.1) is 0 Å². The van der Waals surface area contributed by atoms with Crippen LogP contribution in [0.4, 0.5) is 5.69 Å². The van der Waals surface area contributed by atoms with Crippen molar-refractivity contribution >= 4 is 29.6 Å². The molecule has 0 saturated carbocycles. The van der Waals surface area contributed by atoms with Crippen molar-refractivity contribution in [1.29, 1.82) is 0 Å². The summed E-state index contributed by atoms with van der Waals surface area (Å²) in [6.45, 7) is 1.68. The monoisotopic (exact) mass is 359 g/mol. The van der Waals surface area contributed by atoms with Crippen LogP contribution >= 0.6 is 11.8 Å². The molecular formula is C17H21N5O2S. The van der Waals surface area contributed by atoms with Gasteiger partial charge in [0.25, 0.3) is 5.91 Å². The van der Waals surface area contributed by atoms with Crippen molar-refractivity contribution in [1.82, 2.24) is 15.4 Å². The molecule has 1 amide bonds. The average Bonchev–Trinajstić information content (AvgIpc) is 2.60. The fourth-order valence-electron chi connectivity index (χ4n) is 1.89. The summed E-state index contributed by atoms with van der Waals surface area (Å²) in [5.74, 6) is 0.0124. The van der Waals surface area contributed by atoms with Gasteiger partial charge in [-0.2, -0.15) is 10.1 Å². The van der Waals surface area contributed by atoms with Gasteiger partial charge < -0.3 is 9.64 Å². The second kappa shape index (κ2) is 9.03. The van der Waals surface area contributed by atoms with Crippen LogP contribution in [-0.4, -0.2) is 49.0 Å². The number of anilines is 1. The average molecular weight is 359 g/mol. The Morgan fingerprint density at radius 3 is 2.68 bits per heavy atom. The van der Waals surface area contributed by atoms with E-state index in [0.29, 0.717) is 11.0 Å². The molecule has 1 aromatic carbocycles. The molecule has 0 fully saturated rings. The minimum absolute atomic E-state index is 0.165. The van der Waals surface area contributed by atoms with Gasteiger partial charge in [-0.1, -0.05) is 23.9 Å². The summed E-state index contributed by atoms with van der Waals surface area (Å²) >= 11 is 1.42. The first-order valence-electron chi connectivity index (χ1n) is 7.59. The van der Waals surface area contributed by atoms with Crippen LogP contribution in [0.15, 0.2) is 40.6 Å². The summed E-state index contributed by atoms with van der Waals surface area (Å²) in [4.78, 5) is 22.2. The smallest absolute Gasteiger partial charge is 0.278 e. The highest BCUT2D eigenvalue weighted by molar-refractivity contribution is 7.98. The molecule has 0 aliphatic heterocycles. The van der Waals surface area contributed by atoms with Crippen LogP contribution in [-0.2, 0) is 4.79 Å². The predicted octanol–water partition coefficient (Wildman–Crippen LogP) is 2.10. The quantitative estimate of drug-likeness (QED) is 0.353. The Bertz CT molecular complexity index is 747. The normalized spacial score (nSPS) is 10.7. The number of ether oxygens (including phenoxy) is 1. The molecule has 0 bridgehead atoms. The van der Waals surface area contributed by atoms with Gasteiger partial charge in [-0.3, -0.25) is 4.79 Å². The molecule has 7 nitrogen and oxygen atoms in total. The molecule has 0 atom stereocenters. The number of thioether (sulfide) groups is 1. The van der Waals surface area contributed by atoms with Gasteiger partial charge in [0.2, 0.25) is 5.88 Å². The zero-order chi connectivity index (χ0) is 18.2. The van der Waals surface area contributed by atoms with E-state index in [-0.39, 0.29) is 12.5 Å². The lowest BCUT2D eigenvalue weighted by Crippen LogP contribution is -2.25. The summed E-state index contributed by atoms with van der Waals surface area (Å²) in [5, 5.41) is 4.53. The number of amides is 1. The molecule has 0 saturated heterocycles. The second-order valence-corrected chi connectivity index (χ2v) is 6.18. The summed E-state index contributed by atoms with van der Waals surface area (Å²) in [6, 6.07) is 9.49. The largest absolute Gasteiger partial charge is 0.467 e. The molecule has 8 heteroatoms. The number of hydrazone groups is 1. The highest BCUT2D eigenvalue weighted by atomic mass is 32.2. The van der Waals surface area contributed by atoms with Crippen molar-refractivity contribution in [3.8, 4) is 5.88 Å². The zero-order valence-corrected chi connectivity index (χ0v) is 15.5. The van der Waals surface area contributed by atoms with Crippen molar-refractivity contribution in [2.24, 2.45) is 5.10 Å². The molecule has 0 radical (unpaired) electrons. The topological polar surface area (TPSA) is 79.7 Å². The van der Waals surface area contributed by atoms with E-state index in [9.17, 15) is 4.79 Å². The van der Waals surface area contributed by atoms with Gasteiger partial charge >= 0.3 is 0 Å². The van der Waals surface area contributed by atoms with Crippen LogP contribution in [0.5, 0.6) is 5.88 Å². The molecule has 0 unspecified atom stereocenters. The van der Waals surface area contributed by atoms with E-state index in [0.717, 1.165) is 16.9 Å². The Balaban J connectivity index is 1.83. The lowest BCUT2D eigenvalue weighted by molar-refractivity contribution is -0.123. The third-order valence-electron chi connectivity index (χ3n) is 3.16. The fourth-order valence-corrected chi connectivity index (χ4v) is 2.30. The molecule has 0 spiro atoms. The minimum Gasteiger partial charge on any atom is -0.467 e. The van der Waals surface area contributed by atoms with E-state index in [1.807, 2.05) is 56.4 Å².